The predicted octanol–water partition coefficient (Wildman–Crippen LogP) is 5.64. The second-order valence-corrected chi connectivity index (χ2v) is 9.24. The van der Waals surface area contributed by atoms with E-state index < -0.39 is 23.5 Å². The summed E-state index contributed by atoms with van der Waals surface area (Å²) < 4.78 is 11.2. The van der Waals surface area contributed by atoms with Crippen molar-refractivity contribution in [3.8, 4) is 5.75 Å². The number of Topliss-reactive ketones (excluding diaryl/α,β-unsaturated/α-hetero) is 1. The lowest BCUT2D eigenvalue weighted by atomic mass is 9.98. The first-order valence-electron chi connectivity index (χ1n) is 10.4. The summed E-state index contributed by atoms with van der Waals surface area (Å²) >= 11 is 7.57. The van der Waals surface area contributed by atoms with Crippen LogP contribution in [0.25, 0.3) is 11.0 Å². The Balaban J connectivity index is 1.61. The number of methoxy groups -OCH3 is 1. The summed E-state index contributed by atoms with van der Waals surface area (Å²) in [6, 6.07) is 11.3. The van der Waals surface area contributed by atoms with Gasteiger partial charge in [0.1, 0.15) is 6.04 Å². The molecule has 0 saturated carbocycles. The van der Waals surface area contributed by atoms with Gasteiger partial charge >= 0.3 is 0 Å². The van der Waals surface area contributed by atoms with Crippen molar-refractivity contribution in [1.29, 1.82) is 0 Å². The normalized spacial score (nSPS) is 16.0. The number of carbonyl (C=O) groups excluding carboxylic acids is 2. The molecular formula is C25H19ClN2O5S. The van der Waals surface area contributed by atoms with E-state index in [0.717, 1.165) is 10.4 Å². The number of amides is 1. The fourth-order valence-corrected chi connectivity index (χ4v) is 5.40. The zero-order valence-electron chi connectivity index (χ0n) is 18.2. The van der Waals surface area contributed by atoms with Gasteiger partial charge < -0.3 is 19.2 Å². The number of benzene rings is 1. The number of ether oxygens (including phenoxy) is 1. The zero-order chi connectivity index (χ0) is 24.0. The van der Waals surface area contributed by atoms with Crippen LogP contribution in [0, 0.1) is 6.92 Å². The van der Waals surface area contributed by atoms with E-state index in [1.807, 2.05) is 24.4 Å². The summed E-state index contributed by atoms with van der Waals surface area (Å²) in [5, 5.41) is 13.8. The van der Waals surface area contributed by atoms with E-state index in [1.54, 1.807) is 30.5 Å². The third kappa shape index (κ3) is 3.65. The fraction of sp³-hybridized carbons (Fsp3) is 0.160. The van der Waals surface area contributed by atoms with E-state index in [2.05, 4.69) is 4.98 Å². The molecule has 0 aliphatic carbocycles. The lowest BCUT2D eigenvalue weighted by Gasteiger charge is -2.26. The third-order valence-corrected chi connectivity index (χ3v) is 7.04. The molecule has 4 heterocycles. The van der Waals surface area contributed by atoms with Crippen molar-refractivity contribution in [3.05, 3.63) is 92.3 Å². The number of aryl methyl sites for hydroxylation is 1. The van der Waals surface area contributed by atoms with Gasteiger partial charge in [0.15, 0.2) is 22.9 Å². The van der Waals surface area contributed by atoms with E-state index in [4.69, 9.17) is 20.8 Å². The Hall–Kier alpha value is -3.62. The number of halogens is 1. The first-order chi connectivity index (χ1) is 16.4. The maximum atomic E-state index is 13.7. The molecule has 9 heteroatoms. The highest BCUT2D eigenvalue weighted by Gasteiger charge is 2.45. The van der Waals surface area contributed by atoms with E-state index >= 15 is 0 Å². The van der Waals surface area contributed by atoms with Crippen molar-refractivity contribution in [3.63, 3.8) is 0 Å². The number of aliphatic hydroxyl groups is 1. The molecule has 0 radical (unpaired) electrons. The van der Waals surface area contributed by atoms with Gasteiger partial charge in [-0.05, 0) is 48.2 Å². The zero-order valence-corrected chi connectivity index (χ0v) is 19.8. The van der Waals surface area contributed by atoms with Crippen LogP contribution in [0.5, 0.6) is 5.75 Å². The van der Waals surface area contributed by atoms with Crippen LogP contribution in [0.4, 0.5) is 0 Å². The van der Waals surface area contributed by atoms with Gasteiger partial charge in [-0.2, -0.15) is 0 Å². The molecule has 1 aliphatic heterocycles. The van der Waals surface area contributed by atoms with E-state index in [0.29, 0.717) is 27.4 Å². The first kappa shape index (κ1) is 22.2. The van der Waals surface area contributed by atoms with Crippen molar-refractivity contribution in [2.24, 2.45) is 0 Å². The number of furan rings is 1. The molecule has 1 unspecified atom stereocenters. The van der Waals surface area contributed by atoms with Crippen LogP contribution >= 0.6 is 22.9 Å². The summed E-state index contributed by atoms with van der Waals surface area (Å²) in [4.78, 5) is 33.4. The van der Waals surface area contributed by atoms with Crippen LogP contribution in [0.1, 0.15) is 32.7 Å². The van der Waals surface area contributed by atoms with Crippen LogP contribution in [-0.2, 0) is 11.3 Å². The minimum Gasteiger partial charge on any atom is -0.503 e. The topological polar surface area (TPSA) is 92.9 Å². The Morgan fingerprint density at radius 1 is 1.29 bits per heavy atom. The van der Waals surface area contributed by atoms with Gasteiger partial charge in [0.2, 0.25) is 5.78 Å². The van der Waals surface area contributed by atoms with Crippen molar-refractivity contribution >= 4 is 45.6 Å². The maximum absolute atomic E-state index is 13.7. The monoisotopic (exact) mass is 494 g/mol. The highest BCUT2D eigenvalue weighted by atomic mass is 35.5. The molecule has 1 N–H and O–H groups in total. The van der Waals surface area contributed by atoms with Gasteiger partial charge in [-0.15, -0.1) is 11.3 Å². The molecule has 172 valence electrons. The largest absolute Gasteiger partial charge is 0.503 e. The van der Waals surface area contributed by atoms with E-state index in [1.165, 1.54) is 29.4 Å². The molecule has 0 fully saturated rings. The van der Waals surface area contributed by atoms with Gasteiger partial charge in [0.25, 0.3) is 5.91 Å². The van der Waals surface area contributed by atoms with Crippen molar-refractivity contribution in [1.82, 2.24) is 9.88 Å². The Morgan fingerprint density at radius 3 is 2.79 bits per heavy atom. The second kappa shape index (κ2) is 8.62. The van der Waals surface area contributed by atoms with Gasteiger partial charge in [-0.1, -0.05) is 17.7 Å². The summed E-state index contributed by atoms with van der Waals surface area (Å²) in [6.07, 6.45) is 1.63. The number of fused-ring (bicyclic) bond motifs is 1. The van der Waals surface area contributed by atoms with Gasteiger partial charge in [0, 0.05) is 27.5 Å². The second-order valence-electron chi connectivity index (χ2n) is 7.85. The summed E-state index contributed by atoms with van der Waals surface area (Å²) in [7, 11) is 1.48. The molecular weight excluding hydrogens is 476 g/mol. The molecule has 7 nitrogen and oxygen atoms in total. The average Bonchev–Trinajstić information content (AvgIpc) is 3.51. The Bertz CT molecular complexity index is 1460. The minimum atomic E-state index is -0.777. The number of rotatable bonds is 6. The molecule has 0 spiro atoms. The molecule has 4 aromatic rings. The Labute approximate surface area is 203 Å². The van der Waals surface area contributed by atoms with Crippen molar-refractivity contribution in [2.45, 2.75) is 19.5 Å². The Kier molecular flexibility index (Phi) is 5.63. The third-order valence-electron chi connectivity index (χ3n) is 5.75. The van der Waals surface area contributed by atoms with Crippen LogP contribution in [0.15, 0.2) is 69.8 Å². The van der Waals surface area contributed by atoms with Crippen LogP contribution < -0.4 is 4.74 Å². The van der Waals surface area contributed by atoms with E-state index in [9.17, 15) is 14.7 Å². The molecule has 0 bridgehead atoms. The van der Waals surface area contributed by atoms with Gasteiger partial charge in [-0.3, -0.25) is 14.6 Å². The molecule has 1 atom stereocenters. The van der Waals surface area contributed by atoms with E-state index in [-0.39, 0.29) is 17.9 Å². The van der Waals surface area contributed by atoms with Crippen LogP contribution in [-0.4, -0.2) is 33.8 Å². The number of hydrogen-bond donors (Lipinski definition) is 1. The number of hydrogen-bond acceptors (Lipinski definition) is 7. The summed E-state index contributed by atoms with van der Waals surface area (Å²) in [5.41, 5.74) is 1.87. The number of aliphatic hydroxyl groups excluding tert-OH is 1. The van der Waals surface area contributed by atoms with Gasteiger partial charge in [-0.25, -0.2) is 0 Å². The predicted molar refractivity (Wildman–Crippen MR) is 128 cm³/mol. The average molecular weight is 495 g/mol. The minimum absolute atomic E-state index is 0.0242. The lowest BCUT2D eigenvalue weighted by molar-refractivity contribution is -0.130. The molecule has 1 amide bonds. The molecule has 34 heavy (non-hydrogen) atoms. The maximum Gasteiger partial charge on any atom is 0.290 e. The summed E-state index contributed by atoms with van der Waals surface area (Å²) in [5.74, 6) is -1.46. The summed E-state index contributed by atoms with van der Waals surface area (Å²) in [6.45, 7) is 2.03. The van der Waals surface area contributed by atoms with Crippen LogP contribution in [0.2, 0.25) is 5.02 Å². The molecule has 1 aromatic carbocycles. The van der Waals surface area contributed by atoms with Crippen LogP contribution in [0.3, 0.4) is 0 Å². The first-order valence-corrected chi connectivity index (χ1v) is 11.6. The highest BCUT2D eigenvalue weighted by molar-refractivity contribution is 7.10. The number of pyridine rings is 1. The van der Waals surface area contributed by atoms with Crippen molar-refractivity contribution in [2.75, 3.05) is 7.11 Å². The fourth-order valence-electron chi connectivity index (χ4n) is 4.13. The van der Waals surface area contributed by atoms with Crippen molar-refractivity contribution < 1.29 is 23.8 Å². The molecule has 3 aromatic heterocycles. The number of thiophene rings is 1. The smallest absolute Gasteiger partial charge is 0.290 e. The number of ketones is 1. The number of carbonyl (C=O) groups is 2. The highest BCUT2D eigenvalue weighted by Crippen LogP contribution is 2.43. The molecule has 0 saturated heterocycles. The standard InChI is InChI=1S/C25H19ClN2O5S/c1-13-6-8-34-24(13)20-19(22(30)25(31)28(20)12-16-5-3-4-7-27-16)21(29)17-10-14-9-15(26)11-18(32-2)23(14)33-17/h3-11,20,30H,12H2,1-2H3. The molecule has 1 aliphatic rings. The number of aromatic nitrogens is 1. The molecule has 5 rings (SSSR count). The Morgan fingerprint density at radius 2 is 2.12 bits per heavy atom. The lowest BCUT2D eigenvalue weighted by Crippen LogP contribution is -2.30. The van der Waals surface area contributed by atoms with Gasteiger partial charge in [0.05, 0.1) is 24.9 Å². The number of nitrogens with zero attached hydrogens (tertiary/aromatic N) is 2. The quantitative estimate of drug-likeness (QED) is 0.349. The SMILES string of the molecule is COc1cc(Cl)cc2cc(C(=O)C3=C(O)C(=O)N(Cc4ccccn4)C3c3sccc3C)oc12.